The van der Waals surface area contributed by atoms with Gasteiger partial charge in [0.15, 0.2) is 0 Å². The number of hydrogen-bond acceptors (Lipinski definition) is 4. The predicted molar refractivity (Wildman–Crippen MR) is 117 cm³/mol. The van der Waals surface area contributed by atoms with E-state index in [-0.39, 0.29) is 29.8 Å². The third-order valence-corrected chi connectivity index (χ3v) is 5.93. The van der Waals surface area contributed by atoms with Crippen molar-refractivity contribution in [1.82, 2.24) is 5.32 Å². The van der Waals surface area contributed by atoms with Gasteiger partial charge in [0.1, 0.15) is 18.2 Å². The average Bonchev–Trinajstić information content (AvgIpc) is 2.74. The lowest BCUT2D eigenvalue weighted by Crippen LogP contribution is -2.28. The smallest absolute Gasteiger partial charge is 0.261 e. The normalized spacial score (nSPS) is 11.1. The molecule has 0 aromatic heterocycles. The molecule has 0 saturated heterocycles. The summed E-state index contributed by atoms with van der Waals surface area (Å²) < 4.78 is 46.2. The highest BCUT2D eigenvalue weighted by atomic mass is 32.2. The molecule has 0 radical (unpaired) electrons. The number of carbonyl (C=O) groups excluding carboxylic acids is 1. The first-order valence-corrected chi connectivity index (χ1v) is 11.1. The first kappa shape index (κ1) is 22.3. The van der Waals surface area contributed by atoms with E-state index in [1.807, 2.05) is 6.92 Å². The maximum absolute atomic E-state index is 12.9. The Morgan fingerprint density at radius 2 is 1.65 bits per heavy atom. The lowest BCUT2D eigenvalue weighted by Gasteiger charge is -2.13. The standard InChI is InChI=1S/C23H23FN2O4S/c1-16-3-11-21(12-4-16)31(28,29)26-22-15-18(6-5-17(22)2)23(27)25-13-14-30-20-9-7-19(24)8-10-20/h3-12,15,26H,13-14H2,1-2H3,(H,25,27). The first-order valence-electron chi connectivity index (χ1n) is 9.61. The number of amides is 1. The molecule has 162 valence electrons. The summed E-state index contributed by atoms with van der Waals surface area (Å²) in [6.45, 7) is 4.07. The van der Waals surface area contributed by atoms with E-state index < -0.39 is 10.0 Å². The Labute approximate surface area is 181 Å². The molecule has 3 aromatic carbocycles. The van der Waals surface area contributed by atoms with Crippen molar-refractivity contribution in [1.29, 1.82) is 0 Å². The summed E-state index contributed by atoms with van der Waals surface area (Å²) >= 11 is 0. The van der Waals surface area contributed by atoms with Crippen LogP contribution in [0, 0.1) is 19.7 Å². The van der Waals surface area contributed by atoms with E-state index in [9.17, 15) is 17.6 Å². The summed E-state index contributed by atoms with van der Waals surface area (Å²) in [7, 11) is -3.78. The van der Waals surface area contributed by atoms with Crippen molar-refractivity contribution in [3.8, 4) is 5.75 Å². The van der Waals surface area contributed by atoms with Crippen LogP contribution in [-0.4, -0.2) is 27.5 Å². The SMILES string of the molecule is Cc1ccc(S(=O)(=O)Nc2cc(C(=O)NCCOc3ccc(F)cc3)ccc2C)cc1. The number of ether oxygens (including phenoxy) is 1. The number of anilines is 1. The molecular formula is C23H23FN2O4S. The molecule has 2 N–H and O–H groups in total. The van der Waals surface area contributed by atoms with E-state index in [4.69, 9.17) is 4.74 Å². The second kappa shape index (κ2) is 9.61. The Kier molecular flexibility index (Phi) is 6.91. The van der Waals surface area contributed by atoms with Crippen LogP contribution in [0.15, 0.2) is 71.6 Å². The predicted octanol–water partition coefficient (Wildman–Crippen LogP) is 4.05. The van der Waals surface area contributed by atoms with Crippen molar-refractivity contribution in [3.63, 3.8) is 0 Å². The summed E-state index contributed by atoms with van der Waals surface area (Å²) in [4.78, 5) is 12.6. The molecule has 0 saturated carbocycles. The average molecular weight is 443 g/mol. The van der Waals surface area contributed by atoms with Crippen LogP contribution in [0.4, 0.5) is 10.1 Å². The molecule has 6 nitrogen and oxygen atoms in total. The molecule has 0 fully saturated rings. The monoisotopic (exact) mass is 442 g/mol. The third-order valence-electron chi connectivity index (χ3n) is 4.55. The van der Waals surface area contributed by atoms with Gasteiger partial charge in [0.05, 0.1) is 17.1 Å². The lowest BCUT2D eigenvalue weighted by atomic mass is 10.1. The summed E-state index contributed by atoms with van der Waals surface area (Å²) in [5, 5.41) is 2.71. The highest BCUT2D eigenvalue weighted by molar-refractivity contribution is 7.92. The molecule has 0 aliphatic rings. The zero-order valence-electron chi connectivity index (χ0n) is 17.2. The summed E-state index contributed by atoms with van der Waals surface area (Å²) in [6.07, 6.45) is 0. The number of benzene rings is 3. The van der Waals surface area contributed by atoms with Crippen molar-refractivity contribution in [2.45, 2.75) is 18.7 Å². The van der Waals surface area contributed by atoms with Crippen molar-refractivity contribution < 1.29 is 22.3 Å². The van der Waals surface area contributed by atoms with Crippen LogP contribution in [0.25, 0.3) is 0 Å². The lowest BCUT2D eigenvalue weighted by molar-refractivity contribution is 0.0947. The van der Waals surface area contributed by atoms with Gasteiger partial charge < -0.3 is 10.1 Å². The molecule has 31 heavy (non-hydrogen) atoms. The molecule has 0 atom stereocenters. The van der Waals surface area contributed by atoms with Crippen LogP contribution >= 0.6 is 0 Å². The van der Waals surface area contributed by atoms with E-state index >= 15 is 0 Å². The van der Waals surface area contributed by atoms with Gasteiger partial charge in [0.2, 0.25) is 0 Å². The fourth-order valence-corrected chi connectivity index (χ4v) is 3.88. The van der Waals surface area contributed by atoms with Crippen LogP contribution in [0.2, 0.25) is 0 Å². The summed E-state index contributed by atoms with van der Waals surface area (Å²) in [5.74, 6) is -0.217. The molecule has 0 heterocycles. The van der Waals surface area contributed by atoms with E-state index in [0.717, 1.165) is 5.56 Å². The van der Waals surface area contributed by atoms with Crippen LogP contribution < -0.4 is 14.8 Å². The zero-order chi connectivity index (χ0) is 22.4. The van der Waals surface area contributed by atoms with Crippen LogP contribution in [0.3, 0.4) is 0 Å². The van der Waals surface area contributed by atoms with E-state index in [0.29, 0.717) is 22.6 Å². The Balaban J connectivity index is 1.62. The number of sulfonamides is 1. The minimum atomic E-state index is -3.78. The van der Waals surface area contributed by atoms with Gasteiger partial charge in [-0.05, 0) is 67.9 Å². The van der Waals surface area contributed by atoms with Crippen LogP contribution in [0.1, 0.15) is 21.5 Å². The van der Waals surface area contributed by atoms with Gasteiger partial charge in [0.25, 0.3) is 15.9 Å². The van der Waals surface area contributed by atoms with Gasteiger partial charge >= 0.3 is 0 Å². The molecule has 0 aliphatic carbocycles. The van der Waals surface area contributed by atoms with Gasteiger partial charge in [0, 0.05) is 5.56 Å². The number of rotatable bonds is 8. The zero-order valence-corrected chi connectivity index (χ0v) is 18.0. The highest BCUT2D eigenvalue weighted by Gasteiger charge is 2.16. The fraction of sp³-hybridized carbons (Fsp3) is 0.174. The molecule has 8 heteroatoms. The van der Waals surface area contributed by atoms with Gasteiger partial charge in [-0.15, -0.1) is 0 Å². The van der Waals surface area contributed by atoms with E-state index in [1.165, 1.54) is 42.5 Å². The Morgan fingerprint density at radius 1 is 0.968 bits per heavy atom. The van der Waals surface area contributed by atoms with Crippen molar-refractivity contribution >= 4 is 21.6 Å². The number of halogens is 1. The molecule has 0 spiro atoms. The molecule has 0 aliphatic heterocycles. The summed E-state index contributed by atoms with van der Waals surface area (Å²) in [5.41, 5.74) is 2.29. The second-order valence-corrected chi connectivity index (χ2v) is 8.69. The molecule has 3 rings (SSSR count). The third kappa shape index (κ3) is 6.05. The maximum atomic E-state index is 12.9. The summed E-state index contributed by atoms with van der Waals surface area (Å²) in [6, 6.07) is 16.9. The van der Waals surface area contributed by atoms with Gasteiger partial charge in [-0.2, -0.15) is 0 Å². The molecule has 3 aromatic rings. The minimum absolute atomic E-state index is 0.144. The quantitative estimate of drug-likeness (QED) is 0.516. The number of nitrogens with one attached hydrogen (secondary N) is 2. The van der Waals surface area contributed by atoms with Gasteiger partial charge in [-0.1, -0.05) is 23.8 Å². The minimum Gasteiger partial charge on any atom is -0.492 e. The number of hydrogen-bond donors (Lipinski definition) is 2. The molecule has 0 unspecified atom stereocenters. The second-order valence-electron chi connectivity index (χ2n) is 7.01. The fourth-order valence-electron chi connectivity index (χ4n) is 2.76. The van der Waals surface area contributed by atoms with Crippen molar-refractivity contribution in [2.75, 3.05) is 17.9 Å². The number of carbonyl (C=O) groups is 1. The largest absolute Gasteiger partial charge is 0.492 e. The highest BCUT2D eigenvalue weighted by Crippen LogP contribution is 2.21. The van der Waals surface area contributed by atoms with Crippen molar-refractivity contribution in [3.05, 3.63) is 89.2 Å². The Hall–Kier alpha value is -3.39. The van der Waals surface area contributed by atoms with Gasteiger partial charge in [-0.25, -0.2) is 12.8 Å². The van der Waals surface area contributed by atoms with Crippen LogP contribution in [0.5, 0.6) is 5.75 Å². The Bertz CT molecular complexity index is 1160. The molecular weight excluding hydrogens is 419 g/mol. The van der Waals surface area contributed by atoms with E-state index in [2.05, 4.69) is 10.0 Å². The molecule has 0 bridgehead atoms. The maximum Gasteiger partial charge on any atom is 0.261 e. The van der Waals surface area contributed by atoms with Gasteiger partial charge in [-0.3, -0.25) is 9.52 Å². The van der Waals surface area contributed by atoms with E-state index in [1.54, 1.807) is 31.2 Å². The van der Waals surface area contributed by atoms with Crippen LogP contribution in [-0.2, 0) is 10.0 Å². The number of aryl methyl sites for hydroxylation is 2. The first-order chi connectivity index (χ1) is 14.7. The Morgan fingerprint density at radius 3 is 2.32 bits per heavy atom. The molecule has 1 amide bonds. The van der Waals surface area contributed by atoms with Crippen molar-refractivity contribution in [2.24, 2.45) is 0 Å². The topological polar surface area (TPSA) is 84.5 Å².